The van der Waals surface area contributed by atoms with Gasteiger partial charge in [0.1, 0.15) is 12.5 Å². The summed E-state index contributed by atoms with van der Waals surface area (Å²) >= 11 is 0. The molecular weight excluding hydrogens is 381 g/mol. The lowest BCUT2D eigenvalue weighted by Gasteiger charge is -2.37. The maximum absolute atomic E-state index is 15.0. The molecule has 0 saturated carbocycles. The van der Waals surface area contributed by atoms with E-state index in [1.54, 1.807) is 23.1 Å². The highest BCUT2D eigenvalue weighted by atomic mass is 19.1. The summed E-state index contributed by atoms with van der Waals surface area (Å²) < 4.78 is 21.2. The van der Waals surface area contributed by atoms with Gasteiger partial charge in [-0.25, -0.2) is 9.18 Å². The van der Waals surface area contributed by atoms with Crippen molar-refractivity contribution in [1.82, 2.24) is 19.9 Å². The molecule has 29 heavy (non-hydrogen) atoms. The molecule has 0 aromatic carbocycles. The van der Waals surface area contributed by atoms with E-state index < -0.39 is 17.5 Å². The van der Waals surface area contributed by atoms with E-state index >= 15 is 0 Å². The van der Waals surface area contributed by atoms with E-state index in [9.17, 15) is 18.8 Å². The van der Waals surface area contributed by atoms with Gasteiger partial charge in [0.2, 0.25) is 11.8 Å². The summed E-state index contributed by atoms with van der Waals surface area (Å²) in [5.74, 6) is -0.782. The summed E-state index contributed by atoms with van der Waals surface area (Å²) in [6.45, 7) is 3.35. The van der Waals surface area contributed by atoms with Crippen LogP contribution in [0.5, 0.6) is 0 Å². The third-order valence-corrected chi connectivity index (χ3v) is 4.87. The topological polar surface area (TPSA) is 114 Å². The van der Waals surface area contributed by atoms with Crippen molar-refractivity contribution in [2.45, 2.75) is 19.6 Å². The number of nitrogens with one attached hydrogen (secondary N) is 1. The SMILES string of the molecule is CC(=O)NCn1cc(C2=CC=CC(N3CCN(C(=O)CN)CC3)C(F)=C2)c(=O)o1. The van der Waals surface area contributed by atoms with Crippen LogP contribution in [0.25, 0.3) is 5.57 Å². The van der Waals surface area contributed by atoms with Crippen molar-refractivity contribution >= 4 is 17.4 Å². The van der Waals surface area contributed by atoms with Crippen molar-refractivity contribution < 1.29 is 18.5 Å². The molecule has 9 nitrogen and oxygen atoms in total. The molecule has 1 atom stereocenters. The van der Waals surface area contributed by atoms with Crippen LogP contribution in [-0.4, -0.2) is 65.1 Å². The van der Waals surface area contributed by atoms with Crippen LogP contribution in [0, 0.1) is 0 Å². The first kappa shape index (κ1) is 20.7. The molecule has 0 spiro atoms. The molecule has 3 rings (SSSR count). The first-order valence-corrected chi connectivity index (χ1v) is 9.32. The number of carbonyl (C=O) groups excluding carboxylic acids is 2. The van der Waals surface area contributed by atoms with Crippen LogP contribution in [0.3, 0.4) is 0 Å². The quantitative estimate of drug-likeness (QED) is 0.702. The highest BCUT2D eigenvalue weighted by Crippen LogP contribution is 2.24. The fourth-order valence-corrected chi connectivity index (χ4v) is 3.32. The monoisotopic (exact) mass is 405 g/mol. The lowest BCUT2D eigenvalue weighted by Crippen LogP contribution is -2.52. The van der Waals surface area contributed by atoms with Crippen LogP contribution in [0.15, 0.2) is 45.6 Å². The first-order valence-electron chi connectivity index (χ1n) is 9.32. The van der Waals surface area contributed by atoms with Gasteiger partial charge in [0, 0.05) is 33.1 Å². The average Bonchev–Trinajstić information content (AvgIpc) is 2.97. The number of hydrogen-bond acceptors (Lipinski definition) is 6. The van der Waals surface area contributed by atoms with E-state index in [0.29, 0.717) is 31.8 Å². The van der Waals surface area contributed by atoms with Crippen molar-refractivity contribution in [1.29, 1.82) is 0 Å². The molecule has 3 N–H and O–H groups in total. The number of allylic oxidation sites excluding steroid dienone is 4. The van der Waals surface area contributed by atoms with Gasteiger partial charge in [0.25, 0.3) is 0 Å². The van der Waals surface area contributed by atoms with Crippen LogP contribution in [-0.2, 0) is 16.3 Å². The molecular formula is C19H24FN5O4. The number of carbonyl (C=O) groups is 2. The number of nitrogens with two attached hydrogens (primary N) is 1. The summed E-state index contributed by atoms with van der Waals surface area (Å²) in [6, 6.07) is -0.576. The van der Waals surface area contributed by atoms with Crippen LogP contribution in [0.4, 0.5) is 4.39 Å². The summed E-state index contributed by atoms with van der Waals surface area (Å²) in [4.78, 5) is 38.4. The van der Waals surface area contributed by atoms with Crippen molar-refractivity contribution in [2.75, 3.05) is 32.7 Å². The van der Waals surface area contributed by atoms with E-state index in [1.807, 2.05) is 4.90 Å². The minimum absolute atomic E-state index is 0.00825. The Morgan fingerprint density at radius 2 is 2.03 bits per heavy atom. The Morgan fingerprint density at radius 3 is 2.69 bits per heavy atom. The third-order valence-electron chi connectivity index (χ3n) is 4.87. The normalized spacial score (nSPS) is 20.1. The van der Waals surface area contributed by atoms with Gasteiger partial charge in [-0.3, -0.25) is 14.5 Å². The fourth-order valence-electron chi connectivity index (χ4n) is 3.32. The Balaban J connectivity index is 1.71. The molecule has 10 heteroatoms. The zero-order valence-corrected chi connectivity index (χ0v) is 16.1. The molecule has 1 aromatic heterocycles. The molecule has 2 heterocycles. The Bertz CT molecular complexity index is 921. The molecule has 1 saturated heterocycles. The Hall–Kier alpha value is -2.98. The molecule has 1 fully saturated rings. The zero-order chi connectivity index (χ0) is 21.0. The van der Waals surface area contributed by atoms with Crippen molar-refractivity contribution in [3.8, 4) is 0 Å². The Morgan fingerprint density at radius 1 is 1.31 bits per heavy atom. The second kappa shape index (κ2) is 9.01. The number of amides is 2. The smallest absolute Gasteiger partial charge is 0.339 e. The van der Waals surface area contributed by atoms with Gasteiger partial charge in [0.15, 0.2) is 0 Å². The van der Waals surface area contributed by atoms with Gasteiger partial charge >= 0.3 is 5.63 Å². The predicted molar refractivity (Wildman–Crippen MR) is 104 cm³/mol. The zero-order valence-electron chi connectivity index (χ0n) is 16.1. The minimum Gasteiger partial charge on any atom is -0.339 e. The van der Waals surface area contributed by atoms with Crippen LogP contribution >= 0.6 is 0 Å². The van der Waals surface area contributed by atoms with Crippen molar-refractivity contribution in [3.05, 3.63) is 52.3 Å². The number of piperazine rings is 1. The first-order chi connectivity index (χ1) is 13.9. The van der Waals surface area contributed by atoms with Gasteiger partial charge in [-0.15, -0.1) is 0 Å². The van der Waals surface area contributed by atoms with Crippen LogP contribution in [0.2, 0.25) is 0 Å². The molecule has 1 aliphatic carbocycles. The molecule has 2 amide bonds. The van der Waals surface area contributed by atoms with Crippen molar-refractivity contribution in [2.24, 2.45) is 5.73 Å². The van der Waals surface area contributed by atoms with Crippen molar-refractivity contribution in [3.63, 3.8) is 0 Å². The molecule has 0 radical (unpaired) electrons. The standard InChI is InChI=1S/C19H24FN5O4/c1-13(26)22-12-25-11-15(19(28)29-25)14-3-2-4-17(16(20)9-14)23-5-7-24(8-6-23)18(27)10-21/h2-4,9,11,17H,5-8,10,12,21H2,1H3,(H,22,26). The minimum atomic E-state index is -0.619. The molecule has 0 bridgehead atoms. The van der Waals surface area contributed by atoms with E-state index in [-0.39, 0.29) is 30.6 Å². The number of hydrogen-bond donors (Lipinski definition) is 2. The highest BCUT2D eigenvalue weighted by molar-refractivity contribution is 5.78. The predicted octanol–water partition coefficient (Wildman–Crippen LogP) is -0.187. The van der Waals surface area contributed by atoms with Gasteiger partial charge in [-0.2, -0.15) is 4.74 Å². The maximum atomic E-state index is 15.0. The van der Waals surface area contributed by atoms with Gasteiger partial charge < -0.3 is 20.5 Å². The summed E-state index contributed by atoms with van der Waals surface area (Å²) in [5, 5.41) is 2.52. The number of aromatic nitrogens is 1. The Labute approximate surface area is 166 Å². The lowest BCUT2D eigenvalue weighted by molar-refractivity contribution is -0.131. The molecule has 1 aliphatic heterocycles. The molecule has 1 aromatic rings. The van der Waals surface area contributed by atoms with E-state index in [0.717, 1.165) is 0 Å². The van der Waals surface area contributed by atoms with E-state index in [1.165, 1.54) is 23.9 Å². The fraction of sp³-hybridized carbons (Fsp3) is 0.421. The summed E-state index contributed by atoms with van der Waals surface area (Å²) in [7, 11) is 0. The lowest BCUT2D eigenvalue weighted by atomic mass is 10.1. The van der Waals surface area contributed by atoms with Crippen LogP contribution in [0.1, 0.15) is 12.5 Å². The van der Waals surface area contributed by atoms with Gasteiger partial charge in [-0.05, 0) is 11.6 Å². The van der Waals surface area contributed by atoms with Gasteiger partial charge in [-0.1, -0.05) is 18.2 Å². The molecule has 2 aliphatic rings. The average molecular weight is 405 g/mol. The Kier molecular flexibility index (Phi) is 6.45. The highest BCUT2D eigenvalue weighted by Gasteiger charge is 2.27. The second-order valence-corrected chi connectivity index (χ2v) is 6.83. The number of halogens is 1. The van der Waals surface area contributed by atoms with E-state index in [2.05, 4.69) is 5.32 Å². The number of rotatable bonds is 5. The second-order valence-electron chi connectivity index (χ2n) is 6.83. The van der Waals surface area contributed by atoms with Gasteiger partial charge in [0.05, 0.1) is 24.3 Å². The third kappa shape index (κ3) is 4.90. The largest absolute Gasteiger partial charge is 0.365 e. The molecule has 1 unspecified atom stereocenters. The van der Waals surface area contributed by atoms with E-state index in [4.69, 9.17) is 10.3 Å². The maximum Gasteiger partial charge on any atom is 0.365 e. The molecule has 156 valence electrons. The summed E-state index contributed by atoms with van der Waals surface area (Å²) in [5.41, 5.74) is 5.36. The van der Waals surface area contributed by atoms with Crippen LogP contribution < -0.4 is 16.7 Å². The number of nitrogens with zero attached hydrogens (tertiary/aromatic N) is 3. The summed E-state index contributed by atoms with van der Waals surface area (Å²) in [6.07, 6.45) is 7.80.